The van der Waals surface area contributed by atoms with Crippen LogP contribution in [0.4, 0.5) is 0 Å². The predicted octanol–water partition coefficient (Wildman–Crippen LogP) is 1.13. The number of carbonyl (C=O) groups excluding carboxylic acids is 2. The summed E-state index contributed by atoms with van der Waals surface area (Å²) in [4.78, 5) is 22.3. The van der Waals surface area contributed by atoms with E-state index < -0.39 is 36.2 Å². The van der Waals surface area contributed by atoms with Gasteiger partial charge in [0.15, 0.2) is 12.2 Å². The molecule has 7 N–H and O–H groups in total. The monoisotopic (exact) mass is 404 g/mol. The van der Waals surface area contributed by atoms with Crippen LogP contribution in [-0.4, -0.2) is 58.2 Å². The standard InChI is InChI=1S/C20H40N2O6/c1-2-3-4-5-6-7-8-9-10-11-12-13-14-28-18(20(22)27)16(24)15(23)17(25)19(21)26/h15-18,23-25H,2-14H2,1H3,(H2,21,26)(H2,22,27)/t15-,16-,17-,18+/m0/s1. The van der Waals surface area contributed by atoms with Gasteiger partial charge in [-0.05, 0) is 6.42 Å². The molecule has 8 heteroatoms. The highest BCUT2D eigenvalue weighted by Gasteiger charge is 2.37. The first kappa shape index (κ1) is 26.8. The summed E-state index contributed by atoms with van der Waals surface area (Å²) < 4.78 is 5.26. The smallest absolute Gasteiger partial charge is 0.249 e. The fourth-order valence-corrected chi connectivity index (χ4v) is 3.04. The molecule has 28 heavy (non-hydrogen) atoms. The lowest BCUT2D eigenvalue weighted by molar-refractivity contribution is -0.158. The zero-order chi connectivity index (χ0) is 21.4. The van der Waals surface area contributed by atoms with Crippen molar-refractivity contribution in [3.05, 3.63) is 0 Å². The molecule has 0 radical (unpaired) electrons. The highest BCUT2D eigenvalue weighted by molar-refractivity contribution is 5.81. The van der Waals surface area contributed by atoms with E-state index in [-0.39, 0.29) is 6.61 Å². The summed E-state index contributed by atoms with van der Waals surface area (Å²) in [6, 6.07) is 0. The van der Waals surface area contributed by atoms with Crippen LogP contribution in [0.2, 0.25) is 0 Å². The molecule has 0 saturated carbocycles. The highest BCUT2D eigenvalue weighted by Crippen LogP contribution is 2.13. The van der Waals surface area contributed by atoms with Crippen LogP contribution >= 0.6 is 0 Å². The molecule has 4 atom stereocenters. The summed E-state index contributed by atoms with van der Waals surface area (Å²) in [6.45, 7) is 2.40. The van der Waals surface area contributed by atoms with Gasteiger partial charge in [-0.25, -0.2) is 0 Å². The van der Waals surface area contributed by atoms with Gasteiger partial charge in [-0.3, -0.25) is 9.59 Å². The number of hydrogen-bond donors (Lipinski definition) is 5. The number of amides is 2. The van der Waals surface area contributed by atoms with E-state index in [2.05, 4.69) is 6.92 Å². The molecule has 8 nitrogen and oxygen atoms in total. The average molecular weight is 405 g/mol. The SMILES string of the molecule is CCCCCCCCCCCCCCO[C@@H](C(N)=O)[C@@H](O)[C@H](O)[C@H](O)C(N)=O. The molecule has 0 fully saturated rings. The third-order valence-electron chi connectivity index (χ3n) is 4.85. The van der Waals surface area contributed by atoms with Gasteiger partial charge in [0.05, 0.1) is 0 Å². The van der Waals surface area contributed by atoms with Gasteiger partial charge in [-0.1, -0.05) is 77.6 Å². The Morgan fingerprint density at radius 2 is 1.14 bits per heavy atom. The van der Waals surface area contributed by atoms with Gasteiger partial charge in [0.2, 0.25) is 11.8 Å². The number of nitrogens with two attached hydrogens (primary N) is 2. The predicted molar refractivity (Wildman–Crippen MR) is 107 cm³/mol. The van der Waals surface area contributed by atoms with Crippen LogP contribution in [0.15, 0.2) is 0 Å². The van der Waals surface area contributed by atoms with Crippen molar-refractivity contribution >= 4 is 11.8 Å². The summed E-state index contributed by atoms with van der Waals surface area (Å²) in [6.07, 6.45) is 6.90. The van der Waals surface area contributed by atoms with E-state index in [1.807, 2.05) is 0 Å². The van der Waals surface area contributed by atoms with Gasteiger partial charge >= 0.3 is 0 Å². The van der Waals surface area contributed by atoms with Gasteiger partial charge in [0.25, 0.3) is 0 Å². The van der Waals surface area contributed by atoms with Crippen LogP contribution in [0.25, 0.3) is 0 Å². The molecule has 2 amide bonds. The van der Waals surface area contributed by atoms with Gasteiger partial charge in [-0.2, -0.15) is 0 Å². The zero-order valence-electron chi connectivity index (χ0n) is 17.2. The lowest BCUT2D eigenvalue weighted by Crippen LogP contribution is -2.53. The first-order chi connectivity index (χ1) is 13.3. The van der Waals surface area contributed by atoms with Crippen LogP contribution < -0.4 is 11.5 Å². The normalized spacial score (nSPS) is 15.7. The average Bonchev–Trinajstić information content (AvgIpc) is 2.66. The number of unbranched alkanes of at least 4 members (excludes halogenated alkanes) is 11. The second-order valence-electron chi connectivity index (χ2n) is 7.41. The number of primary amides is 2. The van der Waals surface area contributed by atoms with Gasteiger partial charge in [0, 0.05) is 6.61 Å². The summed E-state index contributed by atoms with van der Waals surface area (Å²) in [7, 11) is 0. The maximum Gasteiger partial charge on any atom is 0.249 e. The first-order valence-electron chi connectivity index (χ1n) is 10.6. The molecule has 0 aliphatic heterocycles. The van der Waals surface area contributed by atoms with Crippen molar-refractivity contribution in [1.82, 2.24) is 0 Å². The fourth-order valence-electron chi connectivity index (χ4n) is 3.04. The van der Waals surface area contributed by atoms with Crippen molar-refractivity contribution in [2.24, 2.45) is 11.5 Å². The number of carbonyl (C=O) groups is 2. The number of rotatable bonds is 19. The molecule has 166 valence electrons. The fraction of sp³-hybridized carbons (Fsp3) is 0.900. The van der Waals surface area contributed by atoms with E-state index in [0.717, 1.165) is 19.3 Å². The minimum absolute atomic E-state index is 0.182. The molecule has 0 aromatic carbocycles. The molecular formula is C20H40N2O6. The first-order valence-corrected chi connectivity index (χ1v) is 10.6. The van der Waals surface area contributed by atoms with Crippen LogP contribution in [0.1, 0.15) is 84.0 Å². The Bertz CT molecular complexity index is 422. The van der Waals surface area contributed by atoms with Crippen molar-refractivity contribution in [1.29, 1.82) is 0 Å². The molecule has 0 rings (SSSR count). The van der Waals surface area contributed by atoms with E-state index in [9.17, 15) is 24.9 Å². The quantitative estimate of drug-likeness (QED) is 0.203. The Balaban J connectivity index is 3.83. The molecule has 0 aliphatic carbocycles. The Labute approximate surface area is 168 Å². The minimum atomic E-state index is -2.01. The number of hydrogen-bond acceptors (Lipinski definition) is 6. The molecule has 0 aliphatic rings. The second-order valence-corrected chi connectivity index (χ2v) is 7.41. The van der Waals surface area contributed by atoms with E-state index in [4.69, 9.17) is 16.2 Å². The van der Waals surface area contributed by atoms with E-state index in [0.29, 0.717) is 6.42 Å². The van der Waals surface area contributed by atoms with Gasteiger partial charge < -0.3 is 31.5 Å². The molecule has 0 heterocycles. The van der Waals surface area contributed by atoms with Gasteiger partial charge in [0.1, 0.15) is 12.2 Å². The van der Waals surface area contributed by atoms with Crippen molar-refractivity contribution < 1.29 is 29.6 Å². The third kappa shape index (κ3) is 12.3. The summed E-state index contributed by atoms with van der Waals surface area (Å²) in [5.41, 5.74) is 10.0. The lowest BCUT2D eigenvalue weighted by atomic mass is 10.0. The molecule has 0 bridgehead atoms. The van der Waals surface area contributed by atoms with Crippen molar-refractivity contribution in [3.63, 3.8) is 0 Å². The summed E-state index contributed by atoms with van der Waals surface area (Å²) in [5, 5.41) is 29.0. The van der Waals surface area contributed by atoms with Crippen molar-refractivity contribution in [2.45, 2.75) is 108 Å². The van der Waals surface area contributed by atoms with E-state index >= 15 is 0 Å². The Kier molecular flexibility index (Phi) is 16.0. The topological polar surface area (TPSA) is 156 Å². The number of aliphatic hydroxyl groups is 3. The molecule has 0 aromatic heterocycles. The lowest BCUT2D eigenvalue weighted by Gasteiger charge is -2.26. The maximum atomic E-state index is 11.4. The summed E-state index contributed by atoms with van der Waals surface area (Å²) in [5.74, 6) is -2.20. The second kappa shape index (κ2) is 16.7. The molecule has 0 saturated heterocycles. The number of aliphatic hydroxyl groups excluding tert-OH is 3. The molecular weight excluding hydrogens is 364 g/mol. The van der Waals surface area contributed by atoms with Crippen LogP contribution in [-0.2, 0) is 14.3 Å². The Hall–Kier alpha value is -1.22. The van der Waals surface area contributed by atoms with Crippen molar-refractivity contribution in [2.75, 3.05) is 6.61 Å². The van der Waals surface area contributed by atoms with Crippen molar-refractivity contribution in [3.8, 4) is 0 Å². The molecule has 0 spiro atoms. The van der Waals surface area contributed by atoms with E-state index in [1.165, 1.54) is 51.4 Å². The number of ether oxygens (including phenoxy) is 1. The van der Waals surface area contributed by atoms with Crippen LogP contribution in [0.5, 0.6) is 0 Å². The van der Waals surface area contributed by atoms with E-state index in [1.54, 1.807) is 0 Å². The van der Waals surface area contributed by atoms with Gasteiger partial charge in [-0.15, -0.1) is 0 Å². The highest BCUT2D eigenvalue weighted by atomic mass is 16.5. The Morgan fingerprint density at radius 3 is 1.54 bits per heavy atom. The Morgan fingerprint density at radius 1 is 0.714 bits per heavy atom. The minimum Gasteiger partial charge on any atom is -0.387 e. The molecule has 0 unspecified atom stereocenters. The largest absolute Gasteiger partial charge is 0.387 e. The summed E-state index contributed by atoms with van der Waals surface area (Å²) >= 11 is 0. The maximum absolute atomic E-state index is 11.4. The zero-order valence-corrected chi connectivity index (χ0v) is 17.2. The van der Waals surface area contributed by atoms with Crippen LogP contribution in [0, 0.1) is 0 Å². The van der Waals surface area contributed by atoms with Crippen LogP contribution in [0.3, 0.4) is 0 Å². The third-order valence-corrected chi connectivity index (χ3v) is 4.85. The molecule has 0 aromatic rings.